The van der Waals surface area contributed by atoms with Crippen LogP contribution < -0.4 is 5.56 Å². The van der Waals surface area contributed by atoms with Crippen molar-refractivity contribution in [2.45, 2.75) is 18.9 Å². The van der Waals surface area contributed by atoms with E-state index in [0.29, 0.717) is 5.82 Å². The average Bonchev–Trinajstić information content (AvgIpc) is 2.68. The number of nitrogens with one attached hydrogen (secondary N) is 1. The second-order valence-electron chi connectivity index (χ2n) is 4.09. The van der Waals surface area contributed by atoms with Gasteiger partial charge in [-0.05, 0) is 26.4 Å². The Morgan fingerprint density at radius 3 is 2.82 bits per heavy atom. The SMILES string of the molecule is CN1CCCC1c1nc(C(=O)O)c(O)c(=O)[nH]1. The number of rotatable bonds is 2. The van der Waals surface area contributed by atoms with Crippen LogP contribution in [0.25, 0.3) is 0 Å². The van der Waals surface area contributed by atoms with Gasteiger partial charge in [-0.3, -0.25) is 9.69 Å². The molecule has 0 spiro atoms. The summed E-state index contributed by atoms with van der Waals surface area (Å²) in [5, 5.41) is 18.1. The van der Waals surface area contributed by atoms with E-state index in [1.807, 2.05) is 11.9 Å². The first-order valence-corrected chi connectivity index (χ1v) is 5.27. The molecule has 0 saturated carbocycles. The van der Waals surface area contributed by atoms with E-state index in [9.17, 15) is 14.7 Å². The second-order valence-corrected chi connectivity index (χ2v) is 4.09. The molecule has 7 nitrogen and oxygen atoms in total. The number of carbonyl (C=O) groups is 1. The maximum absolute atomic E-state index is 11.4. The van der Waals surface area contributed by atoms with Crippen molar-refractivity contribution in [2.24, 2.45) is 0 Å². The van der Waals surface area contributed by atoms with Gasteiger partial charge in [0.25, 0.3) is 5.56 Å². The first kappa shape index (κ1) is 11.6. The lowest BCUT2D eigenvalue weighted by Gasteiger charge is -2.18. The normalized spacial score (nSPS) is 20.6. The quantitative estimate of drug-likeness (QED) is 0.667. The Labute approximate surface area is 96.7 Å². The molecular formula is C10H13N3O4. The molecule has 1 aromatic heterocycles. The van der Waals surface area contributed by atoms with E-state index in [2.05, 4.69) is 9.97 Å². The number of aromatic carboxylic acids is 1. The molecule has 2 rings (SSSR count). The standard InChI is InChI=1S/C10H13N3O4/c1-13-4-2-3-5(13)8-11-6(10(16)17)7(14)9(15)12-8/h5,14H,2-4H2,1H3,(H,16,17)(H,11,12,15). The molecule has 2 heterocycles. The van der Waals surface area contributed by atoms with Gasteiger partial charge in [0.15, 0.2) is 5.69 Å². The van der Waals surface area contributed by atoms with Gasteiger partial charge >= 0.3 is 5.97 Å². The van der Waals surface area contributed by atoms with Gasteiger partial charge in [-0.15, -0.1) is 0 Å². The van der Waals surface area contributed by atoms with Gasteiger partial charge in [-0.25, -0.2) is 9.78 Å². The molecule has 0 amide bonds. The minimum Gasteiger partial charge on any atom is -0.501 e. The fraction of sp³-hybridized carbons (Fsp3) is 0.500. The molecule has 1 atom stereocenters. The first-order chi connectivity index (χ1) is 8.00. The molecular weight excluding hydrogens is 226 g/mol. The predicted molar refractivity (Wildman–Crippen MR) is 58.1 cm³/mol. The van der Waals surface area contributed by atoms with Gasteiger partial charge in [0.1, 0.15) is 5.82 Å². The molecule has 1 aromatic rings. The van der Waals surface area contributed by atoms with Crippen LogP contribution >= 0.6 is 0 Å². The molecule has 0 radical (unpaired) electrons. The minimum absolute atomic E-state index is 0.0959. The van der Waals surface area contributed by atoms with Crippen LogP contribution in [0.4, 0.5) is 0 Å². The summed E-state index contributed by atoms with van der Waals surface area (Å²) in [6.45, 7) is 0.873. The van der Waals surface area contributed by atoms with Gasteiger partial charge in [0, 0.05) is 0 Å². The number of hydrogen-bond acceptors (Lipinski definition) is 5. The van der Waals surface area contributed by atoms with Crippen LogP contribution in [0.5, 0.6) is 5.75 Å². The van der Waals surface area contributed by atoms with E-state index >= 15 is 0 Å². The molecule has 17 heavy (non-hydrogen) atoms. The van der Waals surface area contributed by atoms with E-state index in [0.717, 1.165) is 19.4 Å². The van der Waals surface area contributed by atoms with E-state index in [-0.39, 0.29) is 6.04 Å². The van der Waals surface area contributed by atoms with Crippen LogP contribution in [0.1, 0.15) is 35.2 Å². The fourth-order valence-corrected chi connectivity index (χ4v) is 2.05. The second kappa shape index (κ2) is 4.17. The predicted octanol–water partition coefficient (Wildman–Crippen LogP) is -0.0596. The summed E-state index contributed by atoms with van der Waals surface area (Å²) in [6.07, 6.45) is 1.78. The first-order valence-electron chi connectivity index (χ1n) is 5.27. The summed E-state index contributed by atoms with van der Waals surface area (Å²) >= 11 is 0. The summed E-state index contributed by atoms with van der Waals surface area (Å²) in [7, 11) is 1.88. The van der Waals surface area contributed by atoms with Crippen molar-refractivity contribution in [3.8, 4) is 5.75 Å². The molecule has 0 bridgehead atoms. The van der Waals surface area contributed by atoms with Crippen LogP contribution in [-0.4, -0.2) is 44.6 Å². The summed E-state index contributed by atoms with van der Waals surface area (Å²) < 4.78 is 0. The summed E-state index contributed by atoms with van der Waals surface area (Å²) in [5.41, 5.74) is -1.41. The summed E-state index contributed by atoms with van der Waals surface area (Å²) in [6, 6.07) is -0.0959. The van der Waals surface area contributed by atoms with Crippen molar-refractivity contribution < 1.29 is 15.0 Å². The molecule has 7 heteroatoms. The Bertz CT molecular complexity index is 511. The van der Waals surface area contributed by atoms with Crippen molar-refractivity contribution >= 4 is 5.97 Å². The Morgan fingerprint density at radius 2 is 2.29 bits per heavy atom. The van der Waals surface area contributed by atoms with Crippen LogP contribution in [-0.2, 0) is 0 Å². The van der Waals surface area contributed by atoms with E-state index in [1.54, 1.807) is 0 Å². The van der Waals surface area contributed by atoms with Crippen LogP contribution in [0, 0.1) is 0 Å². The zero-order chi connectivity index (χ0) is 12.6. The summed E-state index contributed by atoms with van der Waals surface area (Å²) in [4.78, 5) is 30.5. The van der Waals surface area contributed by atoms with Gasteiger partial charge in [0.2, 0.25) is 5.75 Å². The molecule has 1 unspecified atom stereocenters. The third kappa shape index (κ3) is 2.01. The van der Waals surface area contributed by atoms with Gasteiger partial charge < -0.3 is 15.2 Å². The maximum atomic E-state index is 11.4. The number of H-pyrrole nitrogens is 1. The highest BCUT2D eigenvalue weighted by Gasteiger charge is 2.27. The molecule has 0 aliphatic carbocycles. The largest absolute Gasteiger partial charge is 0.501 e. The zero-order valence-electron chi connectivity index (χ0n) is 9.30. The molecule has 1 aliphatic rings. The number of aromatic hydroxyl groups is 1. The molecule has 3 N–H and O–H groups in total. The molecule has 0 aromatic carbocycles. The van der Waals surface area contributed by atoms with Crippen molar-refractivity contribution in [2.75, 3.05) is 13.6 Å². The lowest BCUT2D eigenvalue weighted by atomic mass is 10.2. The number of carboxylic acid groups (broad SMARTS) is 1. The number of nitrogens with zero attached hydrogens (tertiary/aromatic N) is 2. The van der Waals surface area contributed by atoms with Crippen molar-refractivity contribution in [1.82, 2.24) is 14.9 Å². The Kier molecular flexibility index (Phi) is 2.84. The van der Waals surface area contributed by atoms with Crippen LogP contribution in [0.2, 0.25) is 0 Å². The Hall–Kier alpha value is -1.89. The number of aromatic nitrogens is 2. The number of aromatic amines is 1. The van der Waals surface area contributed by atoms with Crippen molar-refractivity contribution in [3.63, 3.8) is 0 Å². The third-order valence-electron chi connectivity index (χ3n) is 2.95. The lowest BCUT2D eigenvalue weighted by Crippen LogP contribution is -2.24. The number of hydrogen-bond donors (Lipinski definition) is 3. The zero-order valence-corrected chi connectivity index (χ0v) is 9.30. The van der Waals surface area contributed by atoms with Crippen molar-refractivity contribution in [3.05, 3.63) is 21.9 Å². The lowest BCUT2D eigenvalue weighted by molar-refractivity contribution is 0.0685. The summed E-state index contributed by atoms with van der Waals surface area (Å²) in [5.74, 6) is -1.96. The van der Waals surface area contributed by atoms with Gasteiger partial charge in [0.05, 0.1) is 6.04 Å². The van der Waals surface area contributed by atoms with Crippen LogP contribution in [0.3, 0.4) is 0 Å². The van der Waals surface area contributed by atoms with E-state index < -0.39 is 23.0 Å². The highest BCUT2D eigenvalue weighted by Crippen LogP contribution is 2.27. The van der Waals surface area contributed by atoms with E-state index in [4.69, 9.17) is 5.11 Å². The monoisotopic (exact) mass is 239 g/mol. The molecule has 1 fully saturated rings. The van der Waals surface area contributed by atoms with Crippen molar-refractivity contribution in [1.29, 1.82) is 0 Å². The van der Waals surface area contributed by atoms with Gasteiger partial charge in [-0.1, -0.05) is 0 Å². The smallest absolute Gasteiger partial charge is 0.358 e. The molecule has 1 aliphatic heterocycles. The number of likely N-dealkylation sites (tertiary alicyclic amines) is 1. The highest BCUT2D eigenvalue weighted by atomic mass is 16.4. The van der Waals surface area contributed by atoms with Crippen LogP contribution in [0.15, 0.2) is 4.79 Å². The number of carboxylic acids is 1. The Balaban J connectivity index is 2.49. The minimum atomic E-state index is -1.41. The fourth-order valence-electron chi connectivity index (χ4n) is 2.05. The maximum Gasteiger partial charge on any atom is 0.358 e. The highest BCUT2D eigenvalue weighted by molar-refractivity contribution is 5.88. The van der Waals surface area contributed by atoms with Gasteiger partial charge in [-0.2, -0.15) is 0 Å². The van der Waals surface area contributed by atoms with E-state index in [1.165, 1.54) is 0 Å². The molecule has 1 saturated heterocycles. The Morgan fingerprint density at radius 1 is 1.59 bits per heavy atom. The average molecular weight is 239 g/mol. The topological polar surface area (TPSA) is 107 Å². The third-order valence-corrected chi connectivity index (χ3v) is 2.95. The molecule has 92 valence electrons.